The molecule has 1 aliphatic heterocycles. The van der Waals surface area contributed by atoms with Gasteiger partial charge < -0.3 is 15.4 Å². The van der Waals surface area contributed by atoms with Crippen molar-refractivity contribution in [2.75, 3.05) is 45.9 Å². The lowest BCUT2D eigenvalue weighted by molar-refractivity contribution is 0.0180. The summed E-state index contributed by atoms with van der Waals surface area (Å²) in [5, 5.41) is 8.02. The number of aryl methyl sites for hydroxylation is 1. The van der Waals surface area contributed by atoms with Crippen molar-refractivity contribution < 1.29 is 4.74 Å². The molecule has 0 aliphatic carbocycles. The minimum atomic E-state index is 0.265. The molecule has 0 amide bonds. The van der Waals surface area contributed by atoms with Gasteiger partial charge in [-0.25, -0.2) is 4.98 Å². The van der Waals surface area contributed by atoms with Crippen LogP contribution in [0.15, 0.2) is 41.5 Å². The van der Waals surface area contributed by atoms with Gasteiger partial charge in [-0.2, -0.15) is 0 Å². The zero-order chi connectivity index (χ0) is 20.3. The Labute approximate surface area is 178 Å². The van der Waals surface area contributed by atoms with E-state index in [1.807, 2.05) is 6.20 Å². The number of benzene rings is 1. The average molecular weight is 416 g/mol. The third-order valence-corrected chi connectivity index (χ3v) is 6.22. The van der Waals surface area contributed by atoms with Crippen molar-refractivity contribution in [1.82, 2.24) is 20.5 Å². The number of aliphatic imine (C=N–C) groups is 1. The molecular formula is C22H33N5OS. The van der Waals surface area contributed by atoms with E-state index in [0.717, 1.165) is 64.7 Å². The largest absolute Gasteiger partial charge is 0.379 e. The molecule has 29 heavy (non-hydrogen) atoms. The first kappa shape index (κ1) is 21.7. The highest BCUT2D eigenvalue weighted by atomic mass is 32.1. The van der Waals surface area contributed by atoms with Gasteiger partial charge >= 0.3 is 0 Å². The van der Waals surface area contributed by atoms with Crippen LogP contribution in [0.5, 0.6) is 0 Å². The lowest BCUT2D eigenvalue weighted by Gasteiger charge is -2.34. The van der Waals surface area contributed by atoms with E-state index in [0.29, 0.717) is 0 Å². The first-order valence-corrected chi connectivity index (χ1v) is 11.4. The monoisotopic (exact) mass is 415 g/mol. The molecule has 1 fully saturated rings. The molecule has 2 N–H and O–H groups in total. The van der Waals surface area contributed by atoms with Gasteiger partial charge in [0.25, 0.3) is 0 Å². The quantitative estimate of drug-likeness (QED) is 0.487. The molecule has 158 valence electrons. The Morgan fingerprint density at radius 1 is 1.21 bits per heavy atom. The predicted octanol–water partition coefficient (Wildman–Crippen LogP) is 2.88. The second-order valence-electron chi connectivity index (χ2n) is 7.05. The van der Waals surface area contributed by atoms with Crippen LogP contribution in [0.4, 0.5) is 0 Å². The van der Waals surface area contributed by atoms with E-state index in [2.05, 4.69) is 64.7 Å². The maximum absolute atomic E-state index is 5.55. The van der Waals surface area contributed by atoms with E-state index >= 15 is 0 Å². The SMILES string of the molecule is CCNC(=NCC(c1ccccc1)N1CCOCC1)NCCc1ncc(CC)s1. The number of rotatable bonds is 9. The van der Waals surface area contributed by atoms with Crippen molar-refractivity contribution in [3.8, 4) is 0 Å². The van der Waals surface area contributed by atoms with E-state index in [9.17, 15) is 0 Å². The van der Waals surface area contributed by atoms with Crippen LogP contribution in [-0.2, 0) is 17.6 Å². The van der Waals surface area contributed by atoms with Crippen LogP contribution >= 0.6 is 11.3 Å². The molecule has 1 aromatic carbocycles. The number of guanidine groups is 1. The average Bonchev–Trinajstić information content (AvgIpc) is 3.23. The van der Waals surface area contributed by atoms with Gasteiger partial charge in [0.1, 0.15) is 0 Å². The van der Waals surface area contributed by atoms with Crippen LogP contribution in [0.25, 0.3) is 0 Å². The van der Waals surface area contributed by atoms with Crippen molar-refractivity contribution in [2.45, 2.75) is 32.7 Å². The minimum absolute atomic E-state index is 0.265. The fraction of sp³-hybridized carbons (Fsp3) is 0.545. The third-order valence-electron chi connectivity index (χ3n) is 5.02. The number of morpholine rings is 1. The van der Waals surface area contributed by atoms with E-state index in [1.165, 1.54) is 15.4 Å². The number of hydrogen-bond donors (Lipinski definition) is 2. The van der Waals surface area contributed by atoms with Gasteiger partial charge in [0.15, 0.2) is 5.96 Å². The summed E-state index contributed by atoms with van der Waals surface area (Å²) in [5.74, 6) is 0.869. The Bertz CT molecular complexity index is 743. The van der Waals surface area contributed by atoms with Crippen molar-refractivity contribution in [2.24, 2.45) is 4.99 Å². The zero-order valence-corrected chi connectivity index (χ0v) is 18.4. The summed E-state index contributed by atoms with van der Waals surface area (Å²) in [4.78, 5) is 13.2. The summed E-state index contributed by atoms with van der Waals surface area (Å²) in [6, 6.07) is 10.9. The second-order valence-corrected chi connectivity index (χ2v) is 8.24. The first-order chi connectivity index (χ1) is 14.3. The number of nitrogens with zero attached hydrogens (tertiary/aromatic N) is 3. The molecule has 0 radical (unpaired) electrons. The molecule has 1 aliphatic rings. The molecule has 1 saturated heterocycles. The highest BCUT2D eigenvalue weighted by Crippen LogP contribution is 2.22. The summed E-state index contributed by atoms with van der Waals surface area (Å²) in [6.45, 7) is 10.1. The number of nitrogens with one attached hydrogen (secondary N) is 2. The van der Waals surface area contributed by atoms with Gasteiger partial charge in [-0.3, -0.25) is 9.89 Å². The lowest BCUT2D eigenvalue weighted by atomic mass is 10.1. The molecule has 1 atom stereocenters. The Morgan fingerprint density at radius 2 is 2.00 bits per heavy atom. The fourth-order valence-electron chi connectivity index (χ4n) is 3.43. The van der Waals surface area contributed by atoms with Gasteiger partial charge in [-0.1, -0.05) is 37.3 Å². The van der Waals surface area contributed by atoms with Crippen LogP contribution in [0.3, 0.4) is 0 Å². The highest BCUT2D eigenvalue weighted by Gasteiger charge is 2.22. The number of ether oxygens (including phenoxy) is 1. The minimum Gasteiger partial charge on any atom is -0.379 e. The van der Waals surface area contributed by atoms with Crippen LogP contribution in [-0.4, -0.2) is 61.8 Å². The molecule has 0 spiro atoms. The maximum atomic E-state index is 5.55. The molecule has 1 aromatic heterocycles. The summed E-state index contributed by atoms with van der Waals surface area (Å²) < 4.78 is 5.55. The number of hydrogen-bond acceptors (Lipinski definition) is 5. The van der Waals surface area contributed by atoms with Gasteiger partial charge in [-0.15, -0.1) is 11.3 Å². The van der Waals surface area contributed by atoms with E-state index in [4.69, 9.17) is 9.73 Å². The summed E-state index contributed by atoms with van der Waals surface area (Å²) in [5.41, 5.74) is 1.31. The van der Waals surface area contributed by atoms with Gasteiger partial charge in [0.2, 0.25) is 0 Å². The first-order valence-electron chi connectivity index (χ1n) is 10.6. The fourth-order valence-corrected chi connectivity index (χ4v) is 4.29. The highest BCUT2D eigenvalue weighted by molar-refractivity contribution is 7.11. The second kappa shape index (κ2) is 11.9. The Hall–Kier alpha value is -1.96. The van der Waals surface area contributed by atoms with Crippen molar-refractivity contribution >= 4 is 17.3 Å². The lowest BCUT2D eigenvalue weighted by Crippen LogP contribution is -2.42. The van der Waals surface area contributed by atoms with Crippen molar-refractivity contribution in [3.63, 3.8) is 0 Å². The maximum Gasteiger partial charge on any atom is 0.191 e. The number of aromatic nitrogens is 1. The Morgan fingerprint density at radius 3 is 2.69 bits per heavy atom. The molecule has 1 unspecified atom stereocenters. The topological polar surface area (TPSA) is 61.8 Å². The van der Waals surface area contributed by atoms with Crippen molar-refractivity contribution in [3.05, 3.63) is 52.0 Å². The molecule has 0 saturated carbocycles. The molecule has 0 bridgehead atoms. The van der Waals surface area contributed by atoms with E-state index in [-0.39, 0.29) is 6.04 Å². The van der Waals surface area contributed by atoms with Gasteiger partial charge in [0, 0.05) is 43.7 Å². The van der Waals surface area contributed by atoms with Crippen LogP contribution < -0.4 is 10.6 Å². The normalized spacial score (nSPS) is 16.6. The molecule has 2 heterocycles. The summed E-state index contributed by atoms with van der Waals surface area (Å²) in [6.07, 6.45) is 3.96. The van der Waals surface area contributed by atoms with Crippen molar-refractivity contribution in [1.29, 1.82) is 0 Å². The van der Waals surface area contributed by atoms with Gasteiger partial charge in [-0.05, 0) is 18.9 Å². The molecule has 6 nitrogen and oxygen atoms in total. The molecule has 7 heteroatoms. The Kier molecular flexibility index (Phi) is 8.92. The molecular weight excluding hydrogens is 382 g/mol. The van der Waals surface area contributed by atoms with Gasteiger partial charge in [0.05, 0.1) is 30.8 Å². The van der Waals surface area contributed by atoms with Crippen LogP contribution in [0, 0.1) is 0 Å². The number of thiazole rings is 1. The van der Waals surface area contributed by atoms with Crippen LogP contribution in [0.1, 0.15) is 35.3 Å². The predicted molar refractivity (Wildman–Crippen MR) is 121 cm³/mol. The standard InChI is InChI=1S/C22H33N5OS/c1-3-19-16-25-21(29-19)10-11-24-22(23-4-2)26-17-20(18-8-6-5-7-9-18)27-12-14-28-15-13-27/h5-9,16,20H,3-4,10-15,17H2,1-2H3,(H2,23,24,26). The molecule has 3 rings (SSSR count). The summed E-state index contributed by atoms with van der Waals surface area (Å²) >= 11 is 1.80. The van der Waals surface area contributed by atoms with E-state index < -0.39 is 0 Å². The van der Waals surface area contributed by atoms with Crippen LogP contribution in [0.2, 0.25) is 0 Å². The molecule has 2 aromatic rings. The zero-order valence-electron chi connectivity index (χ0n) is 17.6. The van der Waals surface area contributed by atoms with E-state index in [1.54, 1.807) is 11.3 Å². The smallest absolute Gasteiger partial charge is 0.191 e. The Balaban J connectivity index is 1.61. The third kappa shape index (κ3) is 6.80. The summed E-state index contributed by atoms with van der Waals surface area (Å²) in [7, 11) is 0.